The van der Waals surface area contributed by atoms with Gasteiger partial charge in [-0.3, -0.25) is 28.8 Å². The van der Waals surface area contributed by atoms with Gasteiger partial charge < -0.3 is 38.5 Å². The number of nitrogens with one attached hydrogen (secondary N) is 1. The molecule has 1 fully saturated rings. The van der Waals surface area contributed by atoms with E-state index in [2.05, 4.69) is 10.1 Å². The summed E-state index contributed by atoms with van der Waals surface area (Å²) in [5, 5.41) is 2.28. The lowest BCUT2D eigenvalue weighted by molar-refractivity contribution is -0.326. The first kappa shape index (κ1) is 32.2. The Kier molecular flexibility index (Phi) is 11.6. The predicted octanol–water partition coefficient (Wildman–Crippen LogP) is -0.981. The van der Waals surface area contributed by atoms with E-state index in [1.54, 1.807) is 0 Å². The zero-order valence-corrected chi connectivity index (χ0v) is 21.8. The van der Waals surface area contributed by atoms with E-state index < -0.39 is 90.7 Å². The molecule has 7 atom stereocenters. The second-order valence-electron chi connectivity index (χ2n) is 8.06. The van der Waals surface area contributed by atoms with Crippen LogP contribution in [0.15, 0.2) is 0 Å². The number of methoxy groups -OCH3 is 1. The second-order valence-corrected chi connectivity index (χ2v) is 8.06. The van der Waals surface area contributed by atoms with E-state index in [9.17, 15) is 33.6 Å². The quantitative estimate of drug-likeness (QED) is 0.257. The number of rotatable bonds is 10. The third-order valence-corrected chi connectivity index (χ3v) is 4.87. The van der Waals surface area contributed by atoms with Crippen LogP contribution in [-0.2, 0) is 66.7 Å². The van der Waals surface area contributed by atoms with Gasteiger partial charge in [0, 0.05) is 41.5 Å². The Morgan fingerprint density at radius 3 is 1.87 bits per heavy atom. The molecule has 38 heavy (non-hydrogen) atoms. The molecule has 1 rings (SSSR count). The number of carbonyl (C=O) groups is 7. The number of amides is 1. The molecule has 1 aliphatic heterocycles. The summed E-state index contributed by atoms with van der Waals surface area (Å²) in [6.45, 7) is 4.89. The normalized spacial score (nSPS) is 26.0. The summed E-state index contributed by atoms with van der Waals surface area (Å²) in [6.07, 6.45) is -10.4. The minimum absolute atomic E-state index is 0.740. The zero-order valence-electron chi connectivity index (χ0n) is 21.8. The molecule has 1 heterocycles. The lowest BCUT2D eigenvalue weighted by atomic mass is 9.86. The lowest BCUT2D eigenvalue weighted by Gasteiger charge is -2.49. The van der Waals surface area contributed by atoms with E-state index in [0.29, 0.717) is 0 Å². The molecule has 0 saturated carbocycles. The third kappa shape index (κ3) is 8.36. The highest BCUT2D eigenvalue weighted by Crippen LogP contribution is 2.39. The maximum atomic E-state index is 16.0. The minimum atomic E-state index is -3.25. The van der Waals surface area contributed by atoms with Gasteiger partial charge in [-0.15, -0.1) is 0 Å². The molecule has 214 valence electrons. The SMILES string of the molecule is COC(=O)[C@@]1(OC(C)=O)O[C@@H]([C@H](OC(C)=O)[C@@H](COC(C)=O)OC(C)=O)[C@H](NC(C)=O)[C@@H](OC(C)=O)[C@@H]1F. The summed E-state index contributed by atoms with van der Waals surface area (Å²) in [4.78, 5) is 84.0. The minimum Gasteiger partial charge on any atom is -0.464 e. The van der Waals surface area contributed by atoms with Crippen LogP contribution >= 0.6 is 0 Å². The van der Waals surface area contributed by atoms with Crippen LogP contribution in [0.3, 0.4) is 0 Å². The zero-order chi connectivity index (χ0) is 29.4. The Morgan fingerprint density at radius 1 is 0.868 bits per heavy atom. The molecule has 0 radical (unpaired) electrons. The van der Waals surface area contributed by atoms with Crippen LogP contribution in [0.5, 0.6) is 0 Å². The van der Waals surface area contributed by atoms with Crippen LogP contribution in [0.2, 0.25) is 0 Å². The molecule has 0 aromatic heterocycles. The topological polar surface area (TPSA) is 196 Å². The number of hydrogen-bond acceptors (Lipinski definition) is 14. The fourth-order valence-electron chi connectivity index (χ4n) is 3.71. The standard InChI is InChI=1S/C22H30FNO14/c1-9(25)24-16-18(17(35-12(4)28)15(34-11(3)27)8-33-10(2)26)38-22(21(31)32-7,37-14(6)30)20(23)19(16)36-13(5)29/h15-20H,8H2,1-7H3,(H,24,25)/t15-,16+,17-,18-,19-,20+,22+/m1/s1. The maximum Gasteiger partial charge on any atom is 0.383 e. The van der Waals surface area contributed by atoms with Crippen molar-refractivity contribution < 1.29 is 71.1 Å². The smallest absolute Gasteiger partial charge is 0.383 e. The first-order chi connectivity index (χ1) is 17.5. The highest BCUT2D eigenvalue weighted by atomic mass is 19.1. The van der Waals surface area contributed by atoms with Gasteiger partial charge in [-0.1, -0.05) is 0 Å². The fraction of sp³-hybridized carbons (Fsp3) is 0.682. The Hall–Kier alpha value is -3.82. The molecule has 0 aliphatic carbocycles. The number of halogens is 1. The molecule has 0 spiro atoms. The van der Waals surface area contributed by atoms with Crippen LogP contribution in [0.4, 0.5) is 4.39 Å². The molecule has 0 aromatic rings. The fourth-order valence-corrected chi connectivity index (χ4v) is 3.71. The van der Waals surface area contributed by atoms with E-state index >= 15 is 4.39 Å². The Morgan fingerprint density at radius 2 is 1.45 bits per heavy atom. The van der Waals surface area contributed by atoms with Gasteiger partial charge in [0.2, 0.25) is 12.1 Å². The van der Waals surface area contributed by atoms with E-state index in [-0.39, 0.29) is 0 Å². The van der Waals surface area contributed by atoms with Gasteiger partial charge in [-0.25, -0.2) is 9.18 Å². The van der Waals surface area contributed by atoms with Crippen LogP contribution in [0.1, 0.15) is 41.5 Å². The molecule has 1 aliphatic rings. The molecular formula is C22H30FNO14. The number of alkyl halides is 1. The summed E-state index contributed by atoms with van der Waals surface area (Å²) in [7, 11) is 0.811. The van der Waals surface area contributed by atoms with Crippen molar-refractivity contribution in [3.8, 4) is 0 Å². The van der Waals surface area contributed by atoms with Gasteiger partial charge >= 0.3 is 41.6 Å². The molecular weight excluding hydrogens is 521 g/mol. The van der Waals surface area contributed by atoms with Gasteiger partial charge in [0.1, 0.15) is 12.7 Å². The van der Waals surface area contributed by atoms with Gasteiger partial charge in [-0.2, -0.15) is 0 Å². The van der Waals surface area contributed by atoms with Crippen molar-refractivity contribution in [1.82, 2.24) is 5.32 Å². The second kappa shape index (κ2) is 13.6. The van der Waals surface area contributed by atoms with Gasteiger partial charge in [-0.05, 0) is 0 Å². The van der Waals surface area contributed by atoms with Gasteiger partial charge in [0.05, 0.1) is 13.2 Å². The van der Waals surface area contributed by atoms with Gasteiger partial charge in [0.25, 0.3) is 0 Å². The molecule has 0 aromatic carbocycles. The van der Waals surface area contributed by atoms with Crippen LogP contribution in [-0.4, -0.2) is 97.9 Å². The van der Waals surface area contributed by atoms with Crippen LogP contribution in [0, 0.1) is 0 Å². The summed E-state index contributed by atoms with van der Waals surface area (Å²) >= 11 is 0. The summed E-state index contributed by atoms with van der Waals surface area (Å²) in [5.74, 6) is -10.8. The Bertz CT molecular complexity index is 954. The van der Waals surface area contributed by atoms with Crippen molar-refractivity contribution in [1.29, 1.82) is 0 Å². The maximum absolute atomic E-state index is 16.0. The highest BCUT2D eigenvalue weighted by Gasteiger charge is 2.67. The third-order valence-electron chi connectivity index (χ3n) is 4.87. The summed E-state index contributed by atoms with van der Waals surface area (Å²) < 4.78 is 51.4. The Labute approximate surface area is 216 Å². The molecule has 15 nitrogen and oxygen atoms in total. The summed E-state index contributed by atoms with van der Waals surface area (Å²) in [6, 6.07) is -1.75. The number of esters is 6. The largest absolute Gasteiger partial charge is 0.464 e. The number of ether oxygens (including phenoxy) is 7. The number of hydrogen-bond donors (Lipinski definition) is 1. The average molecular weight is 551 g/mol. The highest BCUT2D eigenvalue weighted by molar-refractivity contribution is 5.83. The Balaban J connectivity index is 3.93. The molecule has 16 heteroatoms. The van der Waals surface area contributed by atoms with E-state index in [0.717, 1.165) is 48.7 Å². The molecule has 1 saturated heterocycles. The predicted molar refractivity (Wildman–Crippen MR) is 117 cm³/mol. The van der Waals surface area contributed by atoms with E-state index in [1.807, 2.05) is 0 Å². The molecule has 0 unspecified atom stereocenters. The van der Waals surface area contributed by atoms with Crippen molar-refractivity contribution in [2.75, 3.05) is 13.7 Å². The molecule has 1 N–H and O–H groups in total. The van der Waals surface area contributed by atoms with Gasteiger partial charge in [0.15, 0.2) is 18.3 Å². The van der Waals surface area contributed by atoms with Crippen molar-refractivity contribution in [3.63, 3.8) is 0 Å². The molecule has 1 amide bonds. The first-order valence-corrected chi connectivity index (χ1v) is 11.1. The lowest BCUT2D eigenvalue weighted by Crippen LogP contribution is -2.74. The van der Waals surface area contributed by atoms with Crippen LogP contribution < -0.4 is 5.32 Å². The summed E-state index contributed by atoms with van der Waals surface area (Å²) in [5.41, 5.74) is 0. The first-order valence-electron chi connectivity index (χ1n) is 11.1. The van der Waals surface area contributed by atoms with Crippen molar-refractivity contribution in [2.24, 2.45) is 0 Å². The number of carbonyl (C=O) groups excluding carboxylic acids is 7. The van der Waals surface area contributed by atoms with Crippen molar-refractivity contribution in [2.45, 2.75) is 84.0 Å². The van der Waals surface area contributed by atoms with E-state index in [1.165, 1.54) is 0 Å². The monoisotopic (exact) mass is 551 g/mol. The van der Waals surface area contributed by atoms with E-state index in [4.69, 9.17) is 28.4 Å². The average Bonchev–Trinajstić information content (AvgIpc) is 2.77. The van der Waals surface area contributed by atoms with Crippen molar-refractivity contribution >= 4 is 41.7 Å². The molecule has 0 bridgehead atoms. The van der Waals surface area contributed by atoms with Crippen molar-refractivity contribution in [3.05, 3.63) is 0 Å². The van der Waals surface area contributed by atoms with Crippen LogP contribution in [0.25, 0.3) is 0 Å².